The van der Waals surface area contributed by atoms with Crippen LogP contribution >= 0.6 is 12.2 Å². The van der Waals surface area contributed by atoms with Crippen LogP contribution in [0.2, 0.25) is 0 Å². The predicted molar refractivity (Wildman–Crippen MR) is 86.7 cm³/mol. The minimum atomic E-state index is -0.136. The van der Waals surface area contributed by atoms with Crippen molar-refractivity contribution in [2.75, 3.05) is 0 Å². The molecule has 0 aromatic heterocycles. The van der Waals surface area contributed by atoms with E-state index in [1.807, 2.05) is 49.4 Å². The second-order valence-electron chi connectivity index (χ2n) is 4.68. The second-order valence-corrected chi connectivity index (χ2v) is 5.13. The number of oxime groups is 1. The molecule has 0 fully saturated rings. The van der Waals surface area contributed by atoms with Gasteiger partial charge in [-0.25, -0.2) is 0 Å². The third kappa shape index (κ3) is 2.38. The summed E-state index contributed by atoms with van der Waals surface area (Å²) >= 11 is 5.00. The molecule has 0 saturated carbocycles. The summed E-state index contributed by atoms with van der Waals surface area (Å²) in [6.45, 7) is 1.88. The molecule has 21 heavy (non-hydrogen) atoms. The van der Waals surface area contributed by atoms with Crippen molar-refractivity contribution < 1.29 is 9.63 Å². The summed E-state index contributed by atoms with van der Waals surface area (Å²) < 4.78 is 0. The van der Waals surface area contributed by atoms with Crippen molar-refractivity contribution >= 4 is 28.8 Å². The van der Waals surface area contributed by atoms with Gasteiger partial charge < -0.3 is 4.84 Å². The molecule has 0 saturated heterocycles. The zero-order chi connectivity index (χ0) is 14.8. The fourth-order valence-electron chi connectivity index (χ4n) is 2.34. The molecule has 0 heterocycles. The van der Waals surface area contributed by atoms with Gasteiger partial charge in [0.05, 0.1) is 0 Å². The van der Waals surface area contributed by atoms with Crippen LogP contribution in [0.25, 0.3) is 11.1 Å². The van der Waals surface area contributed by atoms with Crippen LogP contribution in [0.4, 0.5) is 0 Å². The van der Waals surface area contributed by atoms with Crippen molar-refractivity contribution in [2.24, 2.45) is 5.16 Å². The van der Waals surface area contributed by atoms with Crippen LogP contribution in [-0.4, -0.2) is 16.5 Å². The Bertz CT molecular complexity index is 765. The number of hydrogen-bond donors (Lipinski definition) is 0. The van der Waals surface area contributed by atoms with Crippen molar-refractivity contribution in [3.8, 4) is 11.1 Å². The van der Waals surface area contributed by atoms with Crippen LogP contribution in [0.5, 0.6) is 0 Å². The standard InChI is InChI=1S/C17H13NO2S/c1-2-15(21)20-18-16-13-9-5-3-7-11(13)12-8-4-6-10-14(12)17(16)19/h3-10H,2H2,1H3. The third-order valence-electron chi connectivity index (χ3n) is 3.39. The molecule has 0 bridgehead atoms. The molecule has 2 aromatic carbocycles. The monoisotopic (exact) mass is 295 g/mol. The van der Waals surface area contributed by atoms with Gasteiger partial charge in [-0.15, -0.1) is 0 Å². The molecule has 0 radical (unpaired) electrons. The Morgan fingerprint density at radius 3 is 2.14 bits per heavy atom. The summed E-state index contributed by atoms with van der Waals surface area (Å²) in [5.41, 5.74) is 3.63. The van der Waals surface area contributed by atoms with Gasteiger partial charge in [-0.2, -0.15) is 0 Å². The first-order valence-corrected chi connectivity index (χ1v) is 7.14. The predicted octanol–water partition coefficient (Wildman–Crippen LogP) is 4.01. The fraction of sp³-hybridized carbons (Fsp3) is 0.118. The van der Waals surface area contributed by atoms with Gasteiger partial charge in [0, 0.05) is 17.5 Å². The molecule has 0 unspecified atom stereocenters. The first-order chi connectivity index (χ1) is 10.2. The first kappa shape index (κ1) is 13.6. The lowest BCUT2D eigenvalue weighted by molar-refractivity contribution is 0.106. The van der Waals surface area contributed by atoms with E-state index in [0.29, 0.717) is 22.7 Å². The smallest absolute Gasteiger partial charge is 0.216 e. The Labute approximate surface area is 128 Å². The number of benzene rings is 2. The Balaban J connectivity index is 2.16. The summed E-state index contributed by atoms with van der Waals surface area (Å²) in [6, 6.07) is 15.2. The van der Waals surface area contributed by atoms with Gasteiger partial charge in [0.2, 0.25) is 5.78 Å². The lowest BCUT2D eigenvalue weighted by Crippen LogP contribution is -2.22. The maximum atomic E-state index is 12.6. The number of hydrogen-bond acceptors (Lipinski definition) is 4. The SMILES string of the molecule is CCC(=S)ON=C1C(=O)c2ccccc2-c2ccccc21. The molecule has 3 rings (SSSR count). The van der Waals surface area contributed by atoms with E-state index < -0.39 is 0 Å². The minimum absolute atomic E-state index is 0.136. The molecule has 0 spiro atoms. The molecule has 1 aliphatic carbocycles. The van der Waals surface area contributed by atoms with E-state index in [1.54, 1.807) is 6.07 Å². The quantitative estimate of drug-likeness (QED) is 0.620. The largest absolute Gasteiger partial charge is 0.349 e. The van der Waals surface area contributed by atoms with Gasteiger partial charge in [0.15, 0.2) is 10.8 Å². The van der Waals surface area contributed by atoms with E-state index in [-0.39, 0.29) is 5.78 Å². The molecule has 4 heteroatoms. The van der Waals surface area contributed by atoms with E-state index in [1.165, 1.54) is 0 Å². The Morgan fingerprint density at radius 1 is 1.00 bits per heavy atom. The molecule has 0 N–H and O–H groups in total. The highest BCUT2D eigenvalue weighted by molar-refractivity contribution is 7.80. The van der Waals surface area contributed by atoms with Crippen LogP contribution in [0.1, 0.15) is 29.3 Å². The molecule has 0 aliphatic heterocycles. The van der Waals surface area contributed by atoms with Crippen LogP contribution in [0, 0.1) is 0 Å². The molecule has 1 aliphatic rings. The number of carbonyl (C=O) groups is 1. The Morgan fingerprint density at radius 2 is 1.52 bits per heavy atom. The maximum Gasteiger partial charge on any atom is 0.216 e. The van der Waals surface area contributed by atoms with Gasteiger partial charge in [0.25, 0.3) is 0 Å². The van der Waals surface area contributed by atoms with E-state index in [2.05, 4.69) is 5.16 Å². The van der Waals surface area contributed by atoms with E-state index in [0.717, 1.165) is 16.7 Å². The van der Waals surface area contributed by atoms with Gasteiger partial charge in [0.1, 0.15) is 0 Å². The zero-order valence-electron chi connectivity index (χ0n) is 11.5. The molecule has 0 amide bonds. The summed E-state index contributed by atoms with van der Waals surface area (Å²) in [4.78, 5) is 17.8. The molecular weight excluding hydrogens is 282 g/mol. The van der Waals surface area contributed by atoms with Gasteiger partial charge in [-0.05, 0) is 23.3 Å². The van der Waals surface area contributed by atoms with E-state index in [9.17, 15) is 4.79 Å². The van der Waals surface area contributed by atoms with Crippen LogP contribution in [0.3, 0.4) is 0 Å². The summed E-state index contributed by atoms with van der Waals surface area (Å²) in [7, 11) is 0. The molecule has 3 nitrogen and oxygen atoms in total. The lowest BCUT2D eigenvalue weighted by Gasteiger charge is -2.19. The highest BCUT2D eigenvalue weighted by atomic mass is 32.1. The lowest BCUT2D eigenvalue weighted by atomic mass is 9.83. The normalized spacial score (nSPS) is 14.5. The van der Waals surface area contributed by atoms with Gasteiger partial charge >= 0.3 is 0 Å². The number of carbonyl (C=O) groups excluding carboxylic acids is 1. The van der Waals surface area contributed by atoms with Gasteiger partial charge in [-0.1, -0.05) is 60.6 Å². The number of fused-ring (bicyclic) bond motifs is 3. The van der Waals surface area contributed by atoms with Crippen molar-refractivity contribution in [2.45, 2.75) is 13.3 Å². The highest BCUT2D eigenvalue weighted by Gasteiger charge is 2.28. The highest BCUT2D eigenvalue weighted by Crippen LogP contribution is 2.33. The summed E-state index contributed by atoms with van der Waals surface area (Å²) in [5, 5.41) is 4.37. The van der Waals surface area contributed by atoms with Crippen molar-refractivity contribution in [1.82, 2.24) is 0 Å². The zero-order valence-corrected chi connectivity index (χ0v) is 12.3. The van der Waals surface area contributed by atoms with Crippen LogP contribution in [0.15, 0.2) is 53.7 Å². The van der Waals surface area contributed by atoms with Crippen LogP contribution < -0.4 is 0 Å². The van der Waals surface area contributed by atoms with Crippen molar-refractivity contribution in [1.29, 1.82) is 0 Å². The average molecular weight is 295 g/mol. The summed E-state index contributed by atoms with van der Waals surface area (Å²) in [6.07, 6.45) is 0.582. The van der Waals surface area contributed by atoms with Crippen LogP contribution in [-0.2, 0) is 4.84 Å². The molecule has 2 aromatic rings. The molecule has 104 valence electrons. The number of nitrogens with zero attached hydrogens (tertiary/aromatic N) is 1. The Kier molecular flexibility index (Phi) is 3.62. The van der Waals surface area contributed by atoms with Gasteiger partial charge in [-0.3, -0.25) is 4.79 Å². The summed E-state index contributed by atoms with van der Waals surface area (Å²) in [5.74, 6) is -0.136. The number of rotatable bonds is 2. The second kappa shape index (κ2) is 5.58. The number of Topliss-reactive ketones (excluding diaryl/α,β-unsaturated/α-hetero) is 1. The number of thiocarbonyl (C=S) groups is 1. The Hall–Kier alpha value is -2.33. The van der Waals surface area contributed by atoms with E-state index >= 15 is 0 Å². The number of ketones is 1. The minimum Gasteiger partial charge on any atom is -0.349 e. The molecular formula is C17H13NO2S. The first-order valence-electron chi connectivity index (χ1n) is 6.73. The van der Waals surface area contributed by atoms with E-state index in [4.69, 9.17) is 17.1 Å². The third-order valence-corrected chi connectivity index (χ3v) is 3.75. The molecule has 0 atom stereocenters. The van der Waals surface area contributed by atoms with Crippen molar-refractivity contribution in [3.05, 3.63) is 59.7 Å². The maximum absolute atomic E-state index is 12.6. The average Bonchev–Trinajstić information content (AvgIpc) is 2.54. The topological polar surface area (TPSA) is 38.7 Å². The van der Waals surface area contributed by atoms with Crippen molar-refractivity contribution in [3.63, 3.8) is 0 Å². The fourth-order valence-corrected chi connectivity index (χ4v) is 2.38.